The molecule has 0 aliphatic carbocycles. The molecule has 2 aromatic carbocycles. The van der Waals surface area contributed by atoms with Gasteiger partial charge in [-0.25, -0.2) is 4.98 Å². The van der Waals surface area contributed by atoms with Crippen LogP contribution in [0.25, 0.3) is 11.0 Å². The van der Waals surface area contributed by atoms with E-state index in [4.69, 9.17) is 0 Å². The molecule has 4 heteroatoms. The van der Waals surface area contributed by atoms with E-state index >= 15 is 0 Å². The van der Waals surface area contributed by atoms with Gasteiger partial charge in [-0.2, -0.15) is 0 Å². The van der Waals surface area contributed by atoms with Gasteiger partial charge in [-0.3, -0.25) is 4.79 Å². The van der Waals surface area contributed by atoms with Gasteiger partial charge in [0.25, 0.3) is 5.56 Å². The van der Waals surface area contributed by atoms with Gasteiger partial charge in [-0.15, -0.1) is 0 Å². The summed E-state index contributed by atoms with van der Waals surface area (Å²) in [4.78, 5) is 19.4. The number of hydrogen-bond donors (Lipinski definition) is 2. The Morgan fingerprint density at radius 1 is 1.05 bits per heavy atom. The first-order chi connectivity index (χ1) is 9.74. The van der Waals surface area contributed by atoms with Gasteiger partial charge in [-0.1, -0.05) is 30.3 Å². The van der Waals surface area contributed by atoms with Gasteiger partial charge >= 0.3 is 0 Å². The van der Waals surface area contributed by atoms with Crippen molar-refractivity contribution in [2.45, 2.75) is 13.0 Å². The van der Waals surface area contributed by atoms with Crippen LogP contribution < -0.4 is 10.9 Å². The van der Waals surface area contributed by atoms with Crippen LogP contribution in [-0.2, 0) is 0 Å². The second kappa shape index (κ2) is 5.17. The fraction of sp³-hybridized carbons (Fsp3) is 0.125. The number of benzene rings is 2. The maximum atomic E-state index is 12.1. The number of nitrogens with one attached hydrogen (secondary N) is 2. The highest BCUT2D eigenvalue weighted by atomic mass is 16.1. The molecule has 20 heavy (non-hydrogen) atoms. The van der Waals surface area contributed by atoms with E-state index in [9.17, 15) is 4.79 Å². The van der Waals surface area contributed by atoms with Crippen molar-refractivity contribution < 1.29 is 0 Å². The smallest absolute Gasteiger partial charge is 0.272 e. The molecule has 0 bridgehead atoms. The van der Waals surface area contributed by atoms with Gasteiger partial charge in [0.05, 0.1) is 17.1 Å². The Morgan fingerprint density at radius 2 is 1.75 bits per heavy atom. The van der Waals surface area contributed by atoms with E-state index in [2.05, 4.69) is 15.3 Å². The molecule has 0 fully saturated rings. The zero-order valence-corrected chi connectivity index (χ0v) is 11.1. The van der Waals surface area contributed by atoms with Crippen molar-refractivity contribution in [1.82, 2.24) is 9.97 Å². The molecule has 4 nitrogen and oxygen atoms in total. The molecule has 0 saturated heterocycles. The number of H-pyrrole nitrogens is 1. The number of anilines is 1. The van der Waals surface area contributed by atoms with Crippen LogP contribution in [0.4, 0.5) is 5.69 Å². The Labute approximate surface area is 116 Å². The topological polar surface area (TPSA) is 57.8 Å². The number of fused-ring (bicyclic) bond motifs is 1. The predicted molar refractivity (Wildman–Crippen MR) is 80.8 cm³/mol. The normalized spacial score (nSPS) is 12.2. The maximum Gasteiger partial charge on any atom is 0.272 e. The Morgan fingerprint density at radius 3 is 2.55 bits per heavy atom. The summed E-state index contributed by atoms with van der Waals surface area (Å²) in [5.74, 6) is 0. The average molecular weight is 265 g/mol. The summed E-state index contributed by atoms with van der Waals surface area (Å²) in [6, 6.07) is 17.2. The molecule has 2 N–H and O–H groups in total. The van der Waals surface area contributed by atoms with E-state index in [1.165, 1.54) is 0 Å². The Bertz CT molecular complexity index is 780. The third kappa shape index (κ3) is 2.40. The SMILES string of the molecule is CC(Nc1ccccc1)c1nc2ccccc2[nH]c1=O. The first kappa shape index (κ1) is 12.4. The molecule has 3 aromatic rings. The van der Waals surface area contributed by atoms with Crippen LogP contribution in [0, 0.1) is 0 Å². The summed E-state index contributed by atoms with van der Waals surface area (Å²) in [5, 5.41) is 3.28. The van der Waals surface area contributed by atoms with Crippen LogP contribution in [0.3, 0.4) is 0 Å². The molecule has 100 valence electrons. The summed E-state index contributed by atoms with van der Waals surface area (Å²) < 4.78 is 0. The molecule has 1 unspecified atom stereocenters. The third-order valence-electron chi connectivity index (χ3n) is 3.19. The van der Waals surface area contributed by atoms with E-state index in [-0.39, 0.29) is 11.6 Å². The van der Waals surface area contributed by atoms with Crippen LogP contribution in [0.2, 0.25) is 0 Å². The molecule has 0 amide bonds. The van der Waals surface area contributed by atoms with Crippen LogP contribution in [0.5, 0.6) is 0 Å². The van der Waals surface area contributed by atoms with Gasteiger partial charge in [0.15, 0.2) is 0 Å². The minimum atomic E-state index is -0.161. The summed E-state index contributed by atoms with van der Waals surface area (Å²) in [5.41, 5.74) is 2.86. The van der Waals surface area contributed by atoms with E-state index < -0.39 is 0 Å². The molecular weight excluding hydrogens is 250 g/mol. The number of nitrogens with zero attached hydrogens (tertiary/aromatic N) is 1. The fourth-order valence-corrected chi connectivity index (χ4v) is 2.19. The first-order valence-corrected chi connectivity index (χ1v) is 6.54. The van der Waals surface area contributed by atoms with Crippen molar-refractivity contribution in [3.05, 3.63) is 70.6 Å². The highest BCUT2D eigenvalue weighted by Gasteiger charge is 2.12. The summed E-state index contributed by atoms with van der Waals surface area (Å²) in [6.45, 7) is 1.93. The molecule has 1 aromatic heterocycles. The van der Waals surface area contributed by atoms with E-state index in [1.54, 1.807) is 0 Å². The van der Waals surface area contributed by atoms with Crippen molar-refractivity contribution >= 4 is 16.7 Å². The van der Waals surface area contributed by atoms with E-state index in [1.807, 2.05) is 61.5 Å². The Hall–Kier alpha value is -2.62. The lowest BCUT2D eigenvalue weighted by atomic mass is 10.2. The van der Waals surface area contributed by atoms with Crippen LogP contribution in [0.1, 0.15) is 18.7 Å². The van der Waals surface area contributed by atoms with Gasteiger partial charge < -0.3 is 10.3 Å². The van der Waals surface area contributed by atoms with E-state index in [0.29, 0.717) is 5.69 Å². The number of aromatic nitrogens is 2. The van der Waals surface area contributed by atoms with E-state index in [0.717, 1.165) is 16.7 Å². The van der Waals surface area contributed by atoms with Crippen LogP contribution in [-0.4, -0.2) is 9.97 Å². The molecule has 0 spiro atoms. The fourth-order valence-electron chi connectivity index (χ4n) is 2.19. The lowest BCUT2D eigenvalue weighted by Gasteiger charge is -2.14. The van der Waals surface area contributed by atoms with Crippen molar-refractivity contribution in [3.63, 3.8) is 0 Å². The lowest BCUT2D eigenvalue weighted by molar-refractivity contribution is 0.823. The number of hydrogen-bond acceptors (Lipinski definition) is 3. The summed E-state index contributed by atoms with van der Waals surface area (Å²) in [7, 11) is 0. The highest BCUT2D eigenvalue weighted by Crippen LogP contribution is 2.16. The van der Waals surface area contributed by atoms with Crippen molar-refractivity contribution in [1.29, 1.82) is 0 Å². The van der Waals surface area contributed by atoms with Gasteiger partial charge in [0.2, 0.25) is 0 Å². The molecule has 1 atom stereocenters. The Balaban J connectivity index is 1.97. The Kier molecular flexibility index (Phi) is 3.21. The average Bonchev–Trinajstić information content (AvgIpc) is 2.47. The zero-order chi connectivity index (χ0) is 13.9. The second-order valence-electron chi connectivity index (χ2n) is 4.70. The molecule has 0 radical (unpaired) electrons. The van der Waals surface area contributed by atoms with Crippen molar-refractivity contribution in [2.75, 3.05) is 5.32 Å². The zero-order valence-electron chi connectivity index (χ0n) is 11.1. The predicted octanol–water partition coefficient (Wildman–Crippen LogP) is 3.10. The van der Waals surface area contributed by atoms with Crippen molar-refractivity contribution in [2.24, 2.45) is 0 Å². The van der Waals surface area contributed by atoms with Gasteiger partial charge in [0.1, 0.15) is 5.69 Å². The highest BCUT2D eigenvalue weighted by molar-refractivity contribution is 5.73. The van der Waals surface area contributed by atoms with Gasteiger partial charge in [0, 0.05) is 5.69 Å². The number of rotatable bonds is 3. The number of aromatic amines is 1. The largest absolute Gasteiger partial charge is 0.377 e. The minimum Gasteiger partial charge on any atom is -0.377 e. The molecule has 3 rings (SSSR count). The molecule has 0 saturated carbocycles. The third-order valence-corrected chi connectivity index (χ3v) is 3.19. The molecule has 0 aliphatic rings. The molecular formula is C16H15N3O. The van der Waals surface area contributed by atoms with Gasteiger partial charge in [-0.05, 0) is 31.2 Å². The quantitative estimate of drug-likeness (QED) is 0.765. The monoisotopic (exact) mass is 265 g/mol. The summed E-state index contributed by atoms with van der Waals surface area (Å²) >= 11 is 0. The lowest BCUT2D eigenvalue weighted by Crippen LogP contribution is -2.21. The number of para-hydroxylation sites is 3. The van der Waals surface area contributed by atoms with Crippen LogP contribution in [0.15, 0.2) is 59.4 Å². The minimum absolute atomic E-state index is 0.153. The molecule has 0 aliphatic heterocycles. The first-order valence-electron chi connectivity index (χ1n) is 6.54. The standard InChI is InChI=1S/C16H15N3O/c1-11(17-12-7-3-2-4-8-12)15-16(20)19-14-10-6-5-9-13(14)18-15/h2-11,17H,1H3,(H,19,20). The van der Waals surface area contributed by atoms with Crippen molar-refractivity contribution in [3.8, 4) is 0 Å². The summed E-state index contributed by atoms with van der Waals surface area (Å²) in [6.07, 6.45) is 0. The maximum absolute atomic E-state index is 12.1. The second-order valence-corrected chi connectivity index (χ2v) is 4.70. The molecule has 1 heterocycles. The van der Waals surface area contributed by atoms with Crippen LogP contribution >= 0.6 is 0 Å².